The first kappa shape index (κ1) is 36.4. The monoisotopic (exact) mass is 754 g/mol. The molecule has 3 nitrogen and oxygen atoms in total. The van der Waals surface area contributed by atoms with E-state index >= 15 is 0 Å². The van der Waals surface area contributed by atoms with Gasteiger partial charge in [0, 0.05) is 50.5 Å². The largest absolute Gasteiger partial charge is 0.455 e. The highest BCUT2D eigenvalue weighted by atomic mass is 16.3. The van der Waals surface area contributed by atoms with E-state index in [1.807, 2.05) is 6.07 Å². The summed E-state index contributed by atoms with van der Waals surface area (Å²) in [7, 11) is 0. The van der Waals surface area contributed by atoms with E-state index in [9.17, 15) is 0 Å². The standard InChI is InChI=1S/C54H51BN2O/c1-52(2,3)35-23-27-38(28-24-35)56-45-29-25-36(53(4,5)6)32-43(45)55-44-33-37(54(7,8)9)26-30-46(44)57(48-21-14-20-47(56)50(48)55)39-16-12-15-34(31-39)40-18-13-19-42-41-17-10-11-22-49(41)58-51(40)42/h10-33H,1-9H3. The molecule has 0 fully saturated rings. The third-order valence-electron chi connectivity index (χ3n) is 12.5. The number of rotatable bonds is 3. The van der Waals surface area contributed by atoms with Crippen LogP contribution in [0.5, 0.6) is 0 Å². The molecule has 8 aromatic rings. The summed E-state index contributed by atoms with van der Waals surface area (Å²) in [4.78, 5) is 5.03. The molecule has 0 N–H and O–H groups in total. The Morgan fingerprint density at radius 2 is 0.966 bits per heavy atom. The Morgan fingerprint density at radius 1 is 0.431 bits per heavy atom. The molecule has 0 unspecified atom stereocenters. The van der Waals surface area contributed by atoms with Gasteiger partial charge in [0.25, 0.3) is 6.71 Å². The molecule has 2 aliphatic heterocycles. The quantitative estimate of drug-likeness (QED) is 0.168. The van der Waals surface area contributed by atoms with Crippen LogP contribution in [0.4, 0.5) is 34.1 Å². The van der Waals surface area contributed by atoms with E-state index < -0.39 is 0 Å². The molecule has 0 aliphatic carbocycles. The van der Waals surface area contributed by atoms with Crippen molar-refractivity contribution < 1.29 is 4.42 Å². The van der Waals surface area contributed by atoms with Gasteiger partial charge in [0.1, 0.15) is 11.2 Å². The zero-order valence-corrected chi connectivity index (χ0v) is 35.2. The Morgan fingerprint density at radius 3 is 1.59 bits per heavy atom. The van der Waals surface area contributed by atoms with Gasteiger partial charge in [0.15, 0.2) is 0 Å². The van der Waals surface area contributed by atoms with E-state index in [-0.39, 0.29) is 23.0 Å². The maximum absolute atomic E-state index is 6.56. The van der Waals surface area contributed by atoms with Gasteiger partial charge < -0.3 is 14.2 Å². The lowest BCUT2D eigenvalue weighted by Crippen LogP contribution is -2.61. The van der Waals surface area contributed by atoms with Gasteiger partial charge in [-0.3, -0.25) is 0 Å². The third-order valence-corrected chi connectivity index (χ3v) is 12.5. The van der Waals surface area contributed by atoms with Crippen molar-refractivity contribution in [1.29, 1.82) is 0 Å². The molecular formula is C54H51BN2O. The predicted molar refractivity (Wildman–Crippen MR) is 249 cm³/mol. The minimum absolute atomic E-state index is 0.00601. The van der Waals surface area contributed by atoms with Gasteiger partial charge in [-0.05, 0) is 109 Å². The Kier molecular flexibility index (Phi) is 7.99. The van der Waals surface area contributed by atoms with Crippen LogP contribution in [-0.2, 0) is 16.2 Å². The van der Waals surface area contributed by atoms with Crippen molar-refractivity contribution >= 4 is 79.2 Å². The lowest BCUT2D eigenvalue weighted by Gasteiger charge is -2.45. The van der Waals surface area contributed by atoms with Crippen molar-refractivity contribution in [3.8, 4) is 11.1 Å². The molecule has 4 heteroatoms. The molecule has 3 heterocycles. The molecule has 0 spiro atoms. The predicted octanol–water partition coefficient (Wildman–Crippen LogP) is 13.2. The molecule has 0 bridgehead atoms. The fourth-order valence-corrected chi connectivity index (χ4v) is 9.33. The summed E-state index contributed by atoms with van der Waals surface area (Å²) in [5.41, 5.74) is 19.3. The average molecular weight is 755 g/mol. The Hall–Kier alpha value is -6.00. The Labute approximate surface area is 344 Å². The summed E-state index contributed by atoms with van der Waals surface area (Å²) in [6, 6.07) is 54.5. The highest BCUT2D eigenvalue weighted by molar-refractivity contribution is 7.00. The maximum atomic E-state index is 6.56. The van der Waals surface area contributed by atoms with E-state index in [0.717, 1.165) is 38.8 Å². The van der Waals surface area contributed by atoms with Crippen molar-refractivity contribution in [1.82, 2.24) is 0 Å². The van der Waals surface area contributed by atoms with Crippen LogP contribution in [0, 0.1) is 0 Å². The number of nitrogens with zero attached hydrogens (tertiary/aromatic N) is 2. The summed E-state index contributed by atoms with van der Waals surface area (Å²) >= 11 is 0. The van der Waals surface area contributed by atoms with Crippen LogP contribution in [0.1, 0.15) is 79.0 Å². The summed E-state index contributed by atoms with van der Waals surface area (Å²) in [6.45, 7) is 20.9. The first-order valence-electron chi connectivity index (χ1n) is 20.8. The van der Waals surface area contributed by atoms with Crippen LogP contribution in [0.15, 0.2) is 150 Å². The first-order chi connectivity index (χ1) is 27.7. The Bertz CT molecular complexity index is 2920. The lowest BCUT2D eigenvalue weighted by atomic mass is 9.33. The van der Waals surface area contributed by atoms with E-state index in [2.05, 4.69) is 212 Å². The number of hydrogen-bond donors (Lipinski definition) is 0. The molecule has 0 atom stereocenters. The van der Waals surface area contributed by atoms with Crippen molar-refractivity contribution in [3.05, 3.63) is 162 Å². The zero-order chi connectivity index (χ0) is 40.3. The van der Waals surface area contributed by atoms with Gasteiger partial charge in [-0.2, -0.15) is 0 Å². The van der Waals surface area contributed by atoms with Crippen LogP contribution < -0.4 is 26.2 Å². The third kappa shape index (κ3) is 5.71. The summed E-state index contributed by atoms with van der Waals surface area (Å²) in [6.07, 6.45) is 0. The number of hydrogen-bond acceptors (Lipinski definition) is 3. The smallest absolute Gasteiger partial charge is 0.252 e. The van der Waals surface area contributed by atoms with E-state index in [0.29, 0.717) is 0 Å². The summed E-state index contributed by atoms with van der Waals surface area (Å²) in [5.74, 6) is 0. The second kappa shape index (κ2) is 12.8. The number of furan rings is 1. The van der Waals surface area contributed by atoms with Crippen LogP contribution in [0.25, 0.3) is 33.1 Å². The van der Waals surface area contributed by atoms with Crippen molar-refractivity contribution in [2.24, 2.45) is 0 Å². The van der Waals surface area contributed by atoms with Gasteiger partial charge >= 0.3 is 0 Å². The van der Waals surface area contributed by atoms with Crippen LogP contribution in [-0.4, -0.2) is 6.71 Å². The number of anilines is 6. The molecule has 7 aromatic carbocycles. The molecule has 2 aliphatic rings. The van der Waals surface area contributed by atoms with Crippen LogP contribution in [0.2, 0.25) is 0 Å². The van der Waals surface area contributed by atoms with Crippen molar-refractivity contribution in [2.75, 3.05) is 9.80 Å². The van der Waals surface area contributed by atoms with Gasteiger partial charge in [-0.1, -0.05) is 153 Å². The first-order valence-corrected chi connectivity index (χ1v) is 20.8. The topological polar surface area (TPSA) is 19.6 Å². The number of para-hydroxylation sites is 2. The van der Waals surface area contributed by atoms with E-state index in [4.69, 9.17) is 4.42 Å². The normalized spacial score (nSPS) is 13.8. The second-order valence-corrected chi connectivity index (χ2v) is 19.5. The lowest BCUT2D eigenvalue weighted by molar-refractivity contribution is 0.590. The van der Waals surface area contributed by atoms with Gasteiger partial charge in [0.05, 0.1) is 0 Å². The molecular weight excluding hydrogens is 703 g/mol. The van der Waals surface area contributed by atoms with Crippen LogP contribution >= 0.6 is 0 Å². The number of benzene rings is 7. The van der Waals surface area contributed by atoms with Crippen molar-refractivity contribution in [2.45, 2.75) is 78.6 Å². The zero-order valence-electron chi connectivity index (χ0n) is 35.2. The minimum Gasteiger partial charge on any atom is -0.455 e. The summed E-state index contributed by atoms with van der Waals surface area (Å²) < 4.78 is 6.56. The molecule has 10 rings (SSSR count). The molecule has 0 amide bonds. The molecule has 0 saturated heterocycles. The van der Waals surface area contributed by atoms with Gasteiger partial charge in [-0.25, -0.2) is 0 Å². The highest BCUT2D eigenvalue weighted by Crippen LogP contribution is 2.46. The molecule has 1 aromatic heterocycles. The molecule has 58 heavy (non-hydrogen) atoms. The Balaban J connectivity index is 1.23. The van der Waals surface area contributed by atoms with Crippen molar-refractivity contribution in [3.63, 3.8) is 0 Å². The summed E-state index contributed by atoms with van der Waals surface area (Å²) in [5, 5.41) is 2.28. The average Bonchev–Trinajstić information content (AvgIpc) is 3.58. The van der Waals surface area contributed by atoms with E-state index in [1.165, 1.54) is 61.5 Å². The van der Waals surface area contributed by atoms with Crippen LogP contribution in [0.3, 0.4) is 0 Å². The maximum Gasteiger partial charge on any atom is 0.252 e. The van der Waals surface area contributed by atoms with Gasteiger partial charge in [0.2, 0.25) is 0 Å². The fourth-order valence-electron chi connectivity index (χ4n) is 9.33. The molecule has 0 radical (unpaired) electrons. The highest BCUT2D eigenvalue weighted by Gasteiger charge is 2.44. The molecule has 0 saturated carbocycles. The number of fused-ring (bicyclic) bond motifs is 7. The fraction of sp³-hybridized carbons (Fsp3) is 0.222. The van der Waals surface area contributed by atoms with E-state index in [1.54, 1.807) is 0 Å². The SMILES string of the molecule is CC(C)(C)c1ccc(N2c3ccc(C(C)(C)C)cc3B3c4cc(C(C)(C)C)ccc4N(c4cccc(-c5cccc6c5oc5ccccc56)c4)c4cccc2c43)cc1. The van der Waals surface area contributed by atoms with Gasteiger partial charge in [-0.15, -0.1) is 0 Å². The second-order valence-electron chi connectivity index (χ2n) is 19.5. The minimum atomic E-state index is -0.0174. The molecule has 286 valence electrons.